The summed E-state index contributed by atoms with van der Waals surface area (Å²) in [5, 5.41) is 4.37. The quantitative estimate of drug-likeness (QED) is 0.809. The molecule has 0 aliphatic carbocycles. The molecule has 1 unspecified atom stereocenters. The molecule has 0 radical (unpaired) electrons. The SMILES string of the molecule is CCn1cc(CN2CCC(OC3C[C@H]4CC[C@@H](C3)N4C(C)=O)CC2)cn1. The van der Waals surface area contributed by atoms with Crippen LogP contribution in [0, 0.1) is 0 Å². The Kier molecular flexibility index (Phi) is 5.32. The fourth-order valence-corrected chi connectivity index (χ4v) is 5.15. The molecule has 3 aliphatic rings. The lowest BCUT2D eigenvalue weighted by Crippen LogP contribution is -2.49. The van der Waals surface area contributed by atoms with E-state index >= 15 is 0 Å². The highest BCUT2D eigenvalue weighted by atomic mass is 16.5. The van der Waals surface area contributed by atoms with Crippen molar-refractivity contribution in [3.8, 4) is 0 Å². The van der Waals surface area contributed by atoms with E-state index in [1.165, 1.54) is 5.56 Å². The first-order valence-electron chi connectivity index (χ1n) is 10.3. The highest BCUT2D eigenvalue weighted by molar-refractivity contribution is 5.74. The zero-order chi connectivity index (χ0) is 18.1. The van der Waals surface area contributed by atoms with E-state index in [-0.39, 0.29) is 5.91 Å². The number of hydrogen-bond acceptors (Lipinski definition) is 4. The van der Waals surface area contributed by atoms with Crippen LogP contribution in [0.1, 0.15) is 57.9 Å². The molecule has 1 aromatic heterocycles. The summed E-state index contributed by atoms with van der Waals surface area (Å²) in [5.74, 6) is 0.246. The average Bonchev–Trinajstić information content (AvgIpc) is 3.19. The maximum Gasteiger partial charge on any atom is 0.219 e. The van der Waals surface area contributed by atoms with Crippen molar-refractivity contribution < 1.29 is 9.53 Å². The largest absolute Gasteiger partial charge is 0.375 e. The van der Waals surface area contributed by atoms with Crippen LogP contribution < -0.4 is 0 Å². The number of aryl methyl sites for hydroxylation is 1. The number of rotatable bonds is 5. The molecule has 2 bridgehead atoms. The average molecular weight is 361 g/mol. The Morgan fingerprint density at radius 2 is 1.85 bits per heavy atom. The number of aromatic nitrogens is 2. The van der Waals surface area contributed by atoms with Gasteiger partial charge in [0, 0.05) is 56.9 Å². The van der Waals surface area contributed by atoms with E-state index in [2.05, 4.69) is 28.0 Å². The third kappa shape index (κ3) is 3.81. The predicted molar refractivity (Wildman–Crippen MR) is 99.6 cm³/mol. The molecule has 1 amide bonds. The van der Waals surface area contributed by atoms with Gasteiger partial charge in [0.1, 0.15) is 0 Å². The molecule has 3 fully saturated rings. The summed E-state index contributed by atoms with van der Waals surface area (Å²) in [7, 11) is 0. The van der Waals surface area contributed by atoms with Crippen LogP contribution in [0.5, 0.6) is 0 Å². The van der Waals surface area contributed by atoms with Gasteiger partial charge in [-0.1, -0.05) is 0 Å². The number of piperidine rings is 2. The van der Waals surface area contributed by atoms with E-state index in [1.54, 1.807) is 6.92 Å². The number of fused-ring (bicyclic) bond motifs is 2. The second-order valence-electron chi connectivity index (χ2n) is 8.22. The second kappa shape index (κ2) is 7.69. The Labute approximate surface area is 156 Å². The smallest absolute Gasteiger partial charge is 0.219 e. The molecule has 4 rings (SSSR count). The summed E-state index contributed by atoms with van der Waals surface area (Å²) in [6.45, 7) is 7.95. The minimum absolute atomic E-state index is 0.246. The number of carbonyl (C=O) groups is 1. The van der Waals surface area contributed by atoms with Crippen LogP contribution >= 0.6 is 0 Å². The summed E-state index contributed by atoms with van der Waals surface area (Å²) in [6, 6.07) is 0.845. The lowest BCUT2D eigenvalue weighted by atomic mass is 9.98. The zero-order valence-corrected chi connectivity index (χ0v) is 16.1. The second-order valence-corrected chi connectivity index (χ2v) is 8.22. The van der Waals surface area contributed by atoms with E-state index in [1.807, 2.05) is 10.9 Å². The number of carbonyl (C=O) groups excluding carboxylic acids is 1. The topological polar surface area (TPSA) is 50.6 Å². The first-order chi connectivity index (χ1) is 12.6. The lowest BCUT2D eigenvalue weighted by molar-refractivity contribution is -0.138. The van der Waals surface area contributed by atoms with Gasteiger partial charge < -0.3 is 9.64 Å². The Balaban J connectivity index is 1.23. The predicted octanol–water partition coefficient (Wildman–Crippen LogP) is 2.43. The first kappa shape index (κ1) is 18.0. The molecule has 3 aliphatic heterocycles. The van der Waals surface area contributed by atoms with Gasteiger partial charge in [0.2, 0.25) is 5.91 Å². The summed E-state index contributed by atoms with van der Waals surface area (Å²) in [6.07, 6.45) is 11.5. The molecule has 1 aromatic rings. The van der Waals surface area contributed by atoms with E-state index in [9.17, 15) is 4.79 Å². The first-order valence-corrected chi connectivity index (χ1v) is 10.3. The van der Waals surface area contributed by atoms with E-state index in [4.69, 9.17) is 4.74 Å². The monoisotopic (exact) mass is 360 g/mol. The summed E-state index contributed by atoms with van der Waals surface area (Å²) in [5.41, 5.74) is 1.30. The molecular formula is C20H32N4O2. The van der Waals surface area contributed by atoms with Crippen LogP contribution in [0.25, 0.3) is 0 Å². The highest BCUT2D eigenvalue weighted by Gasteiger charge is 2.43. The fourth-order valence-electron chi connectivity index (χ4n) is 5.15. The number of ether oxygens (including phenoxy) is 1. The van der Waals surface area contributed by atoms with E-state index in [0.717, 1.165) is 64.7 Å². The maximum atomic E-state index is 11.8. The molecule has 0 spiro atoms. The maximum absolute atomic E-state index is 11.8. The van der Waals surface area contributed by atoms with Crippen LogP contribution in [0.15, 0.2) is 12.4 Å². The van der Waals surface area contributed by atoms with Gasteiger partial charge in [-0.05, 0) is 45.4 Å². The third-order valence-electron chi connectivity index (χ3n) is 6.39. The standard InChI is InChI=1S/C20H32N4O2/c1-3-23-14-16(12-21-23)13-22-8-6-19(7-9-22)26-20-10-17-4-5-18(11-20)24(17)15(2)25/h12,14,17-20H,3-11,13H2,1-2H3/t17-,18+,20?. The van der Waals surface area contributed by atoms with Crippen molar-refractivity contribution >= 4 is 5.91 Å². The lowest BCUT2D eigenvalue weighted by Gasteiger charge is -2.41. The summed E-state index contributed by atoms with van der Waals surface area (Å²) >= 11 is 0. The molecule has 0 N–H and O–H groups in total. The third-order valence-corrected chi connectivity index (χ3v) is 6.39. The Bertz CT molecular complexity index is 609. The Morgan fingerprint density at radius 3 is 2.42 bits per heavy atom. The van der Waals surface area contributed by atoms with Crippen molar-refractivity contribution in [2.45, 2.75) is 89.8 Å². The minimum Gasteiger partial charge on any atom is -0.375 e. The van der Waals surface area contributed by atoms with Gasteiger partial charge in [-0.15, -0.1) is 0 Å². The van der Waals surface area contributed by atoms with Crippen LogP contribution in [0.2, 0.25) is 0 Å². The van der Waals surface area contributed by atoms with Crippen molar-refractivity contribution in [2.24, 2.45) is 0 Å². The van der Waals surface area contributed by atoms with Crippen molar-refractivity contribution in [2.75, 3.05) is 13.1 Å². The molecule has 0 saturated carbocycles. The Hall–Kier alpha value is -1.40. The van der Waals surface area contributed by atoms with Crippen molar-refractivity contribution in [1.29, 1.82) is 0 Å². The van der Waals surface area contributed by atoms with Gasteiger partial charge in [-0.3, -0.25) is 14.4 Å². The molecule has 6 heteroatoms. The molecule has 144 valence electrons. The van der Waals surface area contributed by atoms with Gasteiger partial charge in [-0.25, -0.2) is 0 Å². The van der Waals surface area contributed by atoms with Gasteiger partial charge in [-0.2, -0.15) is 5.10 Å². The molecule has 6 nitrogen and oxygen atoms in total. The van der Waals surface area contributed by atoms with Gasteiger partial charge in [0.25, 0.3) is 0 Å². The van der Waals surface area contributed by atoms with Crippen molar-refractivity contribution in [3.63, 3.8) is 0 Å². The summed E-state index contributed by atoms with van der Waals surface area (Å²) < 4.78 is 8.47. The van der Waals surface area contributed by atoms with Crippen LogP contribution in [-0.2, 0) is 22.6 Å². The van der Waals surface area contributed by atoms with Crippen LogP contribution in [0.3, 0.4) is 0 Å². The van der Waals surface area contributed by atoms with Gasteiger partial charge in [0.05, 0.1) is 18.4 Å². The normalized spacial score (nSPS) is 30.1. The minimum atomic E-state index is 0.246. The van der Waals surface area contributed by atoms with E-state index in [0.29, 0.717) is 24.3 Å². The summed E-state index contributed by atoms with van der Waals surface area (Å²) in [4.78, 5) is 16.5. The zero-order valence-electron chi connectivity index (χ0n) is 16.1. The van der Waals surface area contributed by atoms with Gasteiger partial charge in [0.15, 0.2) is 0 Å². The highest BCUT2D eigenvalue weighted by Crippen LogP contribution is 2.37. The molecular weight excluding hydrogens is 328 g/mol. The van der Waals surface area contributed by atoms with Crippen LogP contribution in [0.4, 0.5) is 0 Å². The van der Waals surface area contributed by atoms with Crippen molar-refractivity contribution in [1.82, 2.24) is 19.6 Å². The number of hydrogen-bond donors (Lipinski definition) is 0. The van der Waals surface area contributed by atoms with E-state index < -0.39 is 0 Å². The number of likely N-dealkylation sites (tertiary alicyclic amines) is 1. The molecule has 26 heavy (non-hydrogen) atoms. The number of nitrogens with zero attached hydrogens (tertiary/aromatic N) is 4. The Morgan fingerprint density at radius 1 is 1.15 bits per heavy atom. The number of amides is 1. The van der Waals surface area contributed by atoms with Crippen LogP contribution in [-0.4, -0.2) is 62.9 Å². The molecule has 3 saturated heterocycles. The molecule has 3 atom stereocenters. The van der Waals surface area contributed by atoms with Crippen molar-refractivity contribution in [3.05, 3.63) is 18.0 Å². The molecule has 0 aromatic carbocycles. The molecule has 4 heterocycles. The van der Waals surface area contributed by atoms with Gasteiger partial charge >= 0.3 is 0 Å². The fraction of sp³-hybridized carbons (Fsp3) is 0.800.